The third-order valence-electron chi connectivity index (χ3n) is 4.50. The van der Waals surface area contributed by atoms with Gasteiger partial charge in [0, 0.05) is 6.42 Å². The summed E-state index contributed by atoms with van der Waals surface area (Å²) in [6.45, 7) is 3.21. The molecule has 2 aromatic carbocycles. The molecule has 0 spiro atoms. The summed E-state index contributed by atoms with van der Waals surface area (Å²) in [5.74, 6) is -0.876. The normalized spacial score (nSPS) is 16.6. The highest BCUT2D eigenvalue weighted by atomic mass is 16.5. The summed E-state index contributed by atoms with van der Waals surface area (Å²) in [6, 6.07) is 19.6. The Morgan fingerprint density at radius 2 is 1.67 bits per heavy atom. The van der Waals surface area contributed by atoms with E-state index < -0.39 is 11.5 Å². The first kappa shape index (κ1) is 18.6. The van der Waals surface area contributed by atoms with E-state index in [0.717, 1.165) is 11.3 Å². The molecule has 3 rings (SSSR count). The number of nitrogens with zero attached hydrogens (tertiary/aromatic N) is 2. The number of ether oxygens (including phenoxy) is 1. The SMILES string of the molecule is COC(=O)C(C)(C)NC(=O)C1=NN(c2ccccc2)[C@H](c2ccccc2)C1. The molecule has 0 bridgehead atoms. The molecule has 1 aliphatic rings. The van der Waals surface area contributed by atoms with Crippen LogP contribution in [0, 0.1) is 0 Å². The van der Waals surface area contributed by atoms with E-state index >= 15 is 0 Å². The smallest absolute Gasteiger partial charge is 0.330 e. The molecule has 6 nitrogen and oxygen atoms in total. The second kappa shape index (κ2) is 7.61. The molecule has 0 radical (unpaired) electrons. The van der Waals surface area contributed by atoms with Gasteiger partial charge in [0.15, 0.2) is 0 Å². The molecule has 0 aromatic heterocycles. The van der Waals surface area contributed by atoms with Crippen molar-refractivity contribution in [3.8, 4) is 0 Å². The summed E-state index contributed by atoms with van der Waals surface area (Å²) in [5, 5.41) is 9.15. The molecule has 0 saturated heterocycles. The van der Waals surface area contributed by atoms with E-state index in [2.05, 4.69) is 10.4 Å². The Morgan fingerprint density at radius 1 is 1.07 bits per heavy atom. The Labute approximate surface area is 158 Å². The third kappa shape index (κ3) is 4.00. The van der Waals surface area contributed by atoms with Gasteiger partial charge in [-0.1, -0.05) is 48.5 Å². The number of hydrogen-bond donors (Lipinski definition) is 1. The maximum Gasteiger partial charge on any atom is 0.330 e. The summed E-state index contributed by atoms with van der Waals surface area (Å²) in [5.41, 5.74) is 1.22. The number of hydrazone groups is 1. The lowest BCUT2D eigenvalue weighted by Crippen LogP contribution is -2.52. The van der Waals surface area contributed by atoms with E-state index in [9.17, 15) is 9.59 Å². The number of anilines is 1. The van der Waals surface area contributed by atoms with Crippen LogP contribution >= 0.6 is 0 Å². The van der Waals surface area contributed by atoms with Crippen molar-refractivity contribution in [2.75, 3.05) is 12.1 Å². The second-order valence-electron chi connectivity index (χ2n) is 6.93. The van der Waals surface area contributed by atoms with Gasteiger partial charge in [-0.15, -0.1) is 0 Å². The number of methoxy groups -OCH3 is 1. The molecule has 0 fully saturated rings. The fourth-order valence-corrected chi connectivity index (χ4v) is 3.06. The lowest BCUT2D eigenvalue weighted by Gasteiger charge is -2.23. The Bertz CT molecular complexity index is 847. The Balaban J connectivity index is 1.88. The standard InChI is InChI=1S/C21H23N3O3/c1-21(2,20(26)27-3)22-19(25)17-14-18(15-10-6-4-7-11-15)24(23-17)16-12-8-5-9-13-16/h4-13,18H,14H2,1-3H3,(H,22,25)/t18-/m0/s1. The number of carbonyl (C=O) groups excluding carboxylic acids is 2. The van der Waals surface area contributed by atoms with Crippen molar-refractivity contribution < 1.29 is 14.3 Å². The van der Waals surface area contributed by atoms with Gasteiger partial charge in [-0.25, -0.2) is 4.79 Å². The Kier molecular flexibility index (Phi) is 5.26. The van der Waals surface area contributed by atoms with Gasteiger partial charge in [0.2, 0.25) is 0 Å². The number of carbonyl (C=O) groups is 2. The van der Waals surface area contributed by atoms with Crippen LogP contribution in [0.25, 0.3) is 0 Å². The van der Waals surface area contributed by atoms with Crippen molar-refractivity contribution in [1.82, 2.24) is 5.32 Å². The van der Waals surface area contributed by atoms with Crippen LogP contribution < -0.4 is 10.3 Å². The zero-order valence-electron chi connectivity index (χ0n) is 15.7. The monoisotopic (exact) mass is 365 g/mol. The van der Waals surface area contributed by atoms with Crippen LogP contribution in [0.2, 0.25) is 0 Å². The minimum Gasteiger partial charge on any atom is -0.467 e. The maximum absolute atomic E-state index is 12.8. The van der Waals surface area contributed by atoms with Crippen molar-refractivity contribution in [2.45, 2.75) is 31.8 Å². The molecule has 1 amide bonds. The van der Waals surface area contributed by atoms with E-state index in [1.807, 2.05) is 65.7 Å². The molecule has 140 valence electrons. The van der Waals surface area contributed by atoms with E-state index in [4.69, 9.17) is 4.74 Å². The lowest BCUT2D eigenvalue weighted by molar-refractivity contribution is -0.148. The van der Waals surface area contributed by atoms with Crippen LogP contribution in [0.15, 0.2) is 65.8 Å². The number of nitrogens with one attached hydrogen (secondary N) is 1. The minimum atomic E-state index is -1.13. The zero-order chi connectivity index (χ0) is 19.4. The number of esters is 1. The van der Waals surface area contributed by atoms with E-state index in [1.165, 1.54) is 7.11 Å². The van der Waals surface area contributed by atoms with Crippen molar-refractivity contribution in [3.05, 3.63) is 66.2 Å². The van der Waals surface area contributed by atoms with Crippen LogP contribution in [-0.2, 0) is 14.3 Å². The van der Waals surface area contributed by atoms with Crippen LogP contribution in [0.1, 0.15) is 31.9 Å². The molecule has 1 aliphatic heterocycles. The number of rotatable bonds is 5. The predicted octanol–water partition coefficient (Wildman–Crippen LogP) is 3.06. The highest BCUT2D eigenvalue weighted by molar-refractivity contribution is 6.40. The van der Waals surface area contributed by atoms with Gasteiger partial charge in [-0.2, -0.15) is 5.10 Å². The first-order chi connectivity index (χ1) is 12.9. The first-order valence-electron chi connectivity index (χ1n) is 8.80. The Hall–Kier alpha value is -3.15. The first-order valence-corrected chi connectivity index (χ1v) is 8.80. The van der Waals surface area contributed by atoms with Crippen LogP contribution in [0.3, 0.4) is 0 Å². The van der Waals surface area contributed by atoms with Gasteiger partial charge in [-0.05, 0) is 31.5 Å². The summed E-state index contributed by atoms with van der Waals surface area (Å²) in [6.07, 6.45) is 0.446. The molecule has 0 unspecified atom stereocenters. The molecular weight excluding hydrogens is 342 g/mol. The second-order valence-corrected chi connectivity index (χ2v) is 6.93. The number of para-hydroxylation sites is 1. The van der Waals surface area contributed by atoms with Crippen LogP contribution in [0.4, 0.5) is 5.69 Å². The molecule has 1 heterocycles. The molecule has 0 saturated carbocycles. The molecule has 27 heavy (non-hydrogen) atoms. The largest absolute Gasteiger partial charge is 0.467 e. The molecule has 0 aliphatic carbocycles. The molecule has 6 heteroatoms. The molecule has 1 atom stereocenters. The van der Waals surface area contributed by atoms with Crippen molar-refractivity contribution in [3.63, 3.8) is 0 Å². The van der Waals surface area contributed by atoms with Crippen LogP contribution in [0.5, 0.6) is 0 Å². The number of benzene rings is 2. The molecule has 1 N–H and O–H groups in total. The molecular formula is C21H23N3O3. The topological polar surface area (TPSA) is 71.0 Å². The van der Waals surface area contributed by atoms with Crippen molar-refractivity contribution in [1.29, 1.82) is 0 Å². The summed E-state index contributed by atoms with van der Waals surface area (Å²) in [7, 11) is 1.30. The van der Waals surface area contributed by atoms with Gasteiger partial charge >= 0.3 is 5.97 Å². The van der Waals surface area contributed by atoms with Gasteiger partial charge in [0.1, 0.15) is 11.3 Å². The maximum atomic E-state index is 12.8. The minimum absolute atomic E-state index is 0.0874. The highest BCUT2D eigenvalue weighted by Crippen LogP contribution is 2.35. The fourth-order valence-electron chi connectivity index (χ4n) is 3.06. The van der Waals surface area contributed by atoms with Crippen LogP contribution in [-0.4, -0.2) is 30.2 Å². The highest BCUT2D eigenvalue weighted by Gasteiger charge is 2.36. The number of amides is 1. The van der Waals surface area contributed by atoms with Gasteiger partial charge in [0.05, 0.1) is 18.8 Å². The van der Waals surface area contributed by atoms with E-state index in [1.54, 1.807) is 13.8 Å². The van der Waals surface area contributed by atoms with Gasteiger partial charge < -0.3 is 10.1 Å². The summed E-state index contributed by atoms with van der Waals surface area (Å²) in [4.78, 5) is 24.6. The summed E-state index contributed by atoms with van der Waals surface area (Å²) >= 11 is 0. The van der Waals surface area contributed by atoms with E-state index in [-0.39, 0.29) is 11.9 Å². The predicted molar refractivity (Wildman–Crippen MR) is 104 cm³/mol. The Morgan fingerprint density at radius 3 is 2.26 bits per heavy atom. The van der Waals surface area contributed by atoms with Crippen molar-refractivity contribution >= 4 is 23.3 Å². The van der Waals surface area contributed by atoms with E-state index in [0.29, 0.717) is 12.1 Å². The third-order valence-corrected chi connectivity index (χ3v) is 4.50. The van der Waals surface area contributed by atoms with Gasteiger partial charge in [-0.3, -0.25) is 9.80 Å². The quantitative estimate of drug-likeness (QED) is 0.827. The lowest BCUT2D eigenvalue weighted by atomic mass is 10.00. The molecule has 2 aromatic rings. The van der Waals surface area contributed by atoms with Gasteiger partial charge in [0.25, 0.3) is 5.91 Å². The van der Waals surface area contributed by atoms with Crippen molar-refractivity contribution in [2.24, 2.45) is 5.10 Å². The average Bonchev–Trinajstić information content (AvgIpc) is 3.14. The summed E-state index contributed by atoms with van der Waals surface area (Å²) < 4.78 is 4.76. The zero-order valence-corrected chi connectivity index (χ0v) is 15.7. The fraction of sp³-hybridized carbons (Fsp3) is 0.286. The average molecular weight is 365 g/mol. The number of hydrogen-bond acceptors (Lipinski definition) is 5.